The van der Waals surface area contributed by atoms with Gasteiger partial charge < -0.3 is 9.64 Å². The number of carbonyl (C=O) groups excluding carboxylic acids is 1. The largest absolute Gasteiger partial charge is 0.494 e. The predicted octanol–water partition coefficient (Wildman–Crippen LogP) is 6.27. The normalized spacial score (nSPS) is 35.2. The van der Waals surface area contributed by atoms with Crippen LogP contribution in [0.2, 0.25) is 0 Å². The number of para-hydroxylation sites is 1. The van der Waals surface area contributed by atoms with Gasteiger partial charge in [0.1, 0.15) is 5.75 Å². The lowest BCUT2D eigenvalue weighted by Gasteiger charge is -2.57. The van der Waals surface area contributed by atoms with Gasteiger partial charge in [0.15, 0.2) is 11.2 Å². The quantitative estimate of drug-likeness (QED) is 0.480. The molecule has 2 aromatic carbocycles. The van der Waals surface area contributed by atoms with Crippen molar-refractivity contribution >= 4 is 17.5 Å². The van der Waals surface area contributed by atoms with Gasteiger partial charge in [-0.2, -0.15) is 10.5 Å². The van der Waals surface area contributed by atoms with E-state index in [2.05, 4.69) is 23.1 Å². The van der Waals surface area contributed by atoms with E-state index in [1.807, 2.05) is 61.5 Å². The second-order valence-electron chi connectivity index (χ2n) is 12.3. The van der Waals surface area contributed by atoms with Crippen molar-refractivity contribution in [3.8, 4) is 17.9 Å². The second kappa shape index (κ2) is 8.47. The zero-order valence-corrected chi connectivity index (χ0v) is 21.8. The molecule has 1 saturated heterocycles. The highest BCUT2D eigenvalue weighted by atomic mass is 16.5. The van der Waals surface area contributed by atoms with Crippen molar-refractivity contribution in [2.24, 2.45) is 28.6 Å². The molecule has 0 unspecified atom stereocenters. The highest BCUT2D eigenvalue weighted by Gasteiger charge is 2.66. The highest BCUT2D eigenvalue weighted by Crippen LogP contribution is 2.63. The number of rotatable bonds is 5. The Labute approximate surface area is 224 Å². The number of nitrogens with zero attached hydrogens (tertiary/aromatic N) is 3. The van der Waals surface area contributed by atoms with Crippen LogP contribution in [0, 0.1) is 51.2 Å². The van der Waals surface area contributed by atoms with Crippen LogP contribution in [-0.4, -0.2) is 24.5 Å². The third-order valence-corrected chi connectivity index (χ3v) is 10.3. The molecule has 0 aromatic heterocycles. The van der Waals surface area contributed by atoms with Crippen LogP contribution in [-0.2, 0) is 4.79 Å². The lowest BCUT2D eigenvalue weighted by Crippen LogP contribution is -2.56. The molecular weight excluding hydrogens is 470 g/mol. The Kier molecular flexibility index (Phi) is 5.25. The summed E-state index contributed by atoms with van der Waals surface area (Å²) in [4.78, 5) is 17.3. The molecule has 2 aliphatic heterocycles. The van der Waals surface area contributed by atoms with Gasteiger partial charge in [0, 0.05) is 17.0 Å². The molecule has 6 aliphatic rings. The summed E-state index contributed by atoms with van der Waals surface area (Å²) in [7, 11) is 0. The molecule has 5 fully saturated rings. The smallest absolute Gasteiger partial charge is 0.176 e. The van der Waals surface area contributed by atoms with E-state index in [0.29, 0.717) is 24.4 Å². The van der Waals surface area contributed by atoms with E-state index in [1.54, 1.807) is 0 Å². The van der Waals surface area contributed by atoms with E-state index in [0.717, 1.165) is 41.8 Å². The van der Waals surface area contributed by atoms with E-state index < -0.39 is 23.4 Å². The van der Waals surface area contributed by atoms with Gasteiger partial charge in [-0.1, -0.05) is 42.5 Å². The molecule has 0 spiro atoms. The summed E-state index contributed by atoms with van der Waals surface area (Å²) < 4.78 is 5.69. The van der Waals surface area contributed by atoms with Crippen molar-refractivity contribution in [1.29, 1.82) is 10.5 Å². The number of hydrogen-bond acceptors (Lipinski definition) is 5. The lowest BCUT2D eigenvalue weighted by molar-refractivity contribution is -0.145. The molecule has 0 amide bonds. The minimum atomic E-state index is -1.39. The van der Waals surface area contributed by atoms with E-state index in [9.17, 15) is 10.5 Å². The van der Waals surface area contributed by atoms with Crippen molar-refractivity contribution in [1.82, 2.24) is 0 Å². The van der Waals surface area contributed by atoms with Crippen LogP contribution in [0.1, 0.15) is 62.5 Å². The molecule has 8 rings (SSSR count). The first kappa shape index (κ1) is 23.5. The van der Waals surface area contributed by atoms with Crippen molar-refractivity contribution in [2.45, 2.75) is 63.5 Å². The van der Waals surface area contributed by atoms with Gasteiger partial charge in [0.25, 0.3) is 0 Å². The number of hydrogen-bond donors (Lipinski definition) is 0. The third-order valence-electron chi connectivity index (χ3n) is 10.3. The fourth-order valence-electron chi connectivity index (χ4n) is 9.27. The maximum atomic E-state index is 15.1. The summed E-state index contributed by atoms with van der Waals surface area (Å²) in [6.45, 7) is 2.51. The Hall–Kier alpha value is -3.57. The summed E-state index contributed by atoms with van der Waals surface area (Å²) >= 11 is 0. The molecule has 5 heteroatoms. The minimum absolute atomic E-state index is 0.262. The van der Waals surface area contributed by atoms with Gasteiger partial charge in [-0.3, -0.25) is 4.79 Å². The maximum absolute atomic E-state index is 15.1. The molecule has 38 heavy (non-hydrogen) atoms. The van der Waals surface area contributed by atoms with E-state index in [4.69, 9.17) is 4.74 Å². The zero-order chi connectivity index (χ0) is 26.1. The second-order valence-corrected chi connectivity index (χ2v) is 12.3. The SMILES string of the molecule is CCOc1ccc([C@H]2[C@@H](C(=O)C34CC5CC(CC(C5)C3)C4)N3c4ccccc4C=C[C@@H]3C2(C#N)C#N)cc1. The van der Waals surface area contributed by atoms with Crippen LogP contribution in [0.4, 0.5) is 5.69 Å². The molecular formula is C33H33N3O2. The standard InChI is InChI=1S/C33H33N3O2/c1-2-38-26-10-7-25(8-11-26)29-30(31(37)32-16-21-13-22(17-32)15-23(14-21)18-32)36-27-6-4-3-5-24(27)9-12-28(36)33(29,19-34)20-35/h3-12,21-23,28-30H,2,13-18H2,1H3/t21?,22?,23?,28-,29+,30+,32?/m1/s1. The summed E-state index contributed by atoms with van der Waals surface area (Å²) in [6, 6.07) is 19.7. The molecule has 4 bridgehead atoms. The average molecular weight is 504 g/mol. The van der Waals surface area contributed by atoms with Gasteiger partial charge in [0.05, 0.1) is 30.8 Å². The molecule has 3 atom stereocenters. The molecule has 5 nitrogen and oxygen atoms in total. The van der Waals surface area contributed by atoms with Crippen LogP contribution in [0.3, 0.4) is 0 Å². The maximum Gasteiger partial charge on any atom is 0.176 e. The zero-order valence-electron chi connectivity index (χ0n) is 21.8. The molecule has 4 aliphatic carbocycles. The number of ether oxygens (including phenoxy) is 1. The average Bonchev–Trinajstić information content (AvgIpc) is 3.23. The summed E-state index contributed by atoms with van der Waals surface area (Å²) in [5.74, 6) is 2.36. The fraction of sp³-hybridized carbons (Fsp3) is 0.485. The summed E-state index contributed by atoms with van der Waals surface area (Å²) in [5.41, 5.74) is 1.11. The van der Waals surface area contributed by atoms with Crippen LogP contribution < -0.4 is 9.64 Å². The Balaban J connectivity index is 1.41. The fourth-order valence-corrected chi connectivity index (χ4v) is 9.27. The molecule has 4 saturated carbocycles. The topological polar surface area (TPSA) is 77.1 Å². The van der Waals surface area contributed by atoms with Crippen LogP contribution in [0.5, 0.6) is 5.75 Å². The van der Waals surface area contributed by atoms with Crippen molar-refractivity contribution < 1.29 is 9.53 Å². The lowest BCUT2D eigenvalue weighted by atomic mass is 9.47. The van der Waals surface area contributed by atoms with Crippen molar-refractivity contribution in [3.63, 3.8) is 0 Å². The predicted molar refractivity (Wildman–Crippen MR) is 145 cm³/mol. The van der Waals surface area contributed by atoms with E-state index in [-0.39, 0.29) is 11.2 Å². The number of Topliss-reactive ketones (excluding diaryl/α,β-unsaturated/α-hetero) is 1. The monoisotopic (exact) mass is 503 g/mol. The van der Waals surface area contributed by atoms with Crippen molar-refractivity contribution in [2.75, 3.05) is 11.5 Å². The number of benzene rings is 2. The number of fused-ring (bicyclic) bond motifs is 3. The van der Waals surface area contributed by atoms with E-state index >= 15 is 4.79 Å². The summed E-state index contributed by atoms with van der Waals surface area (Å²) in [6.07, 6.45) is 10.7. The third kappa shape index (κ3) is 3.18. The highest BCUT2D eigenvalue weighted by molar-refractivity contribution is 5.97. The van der Waals surface area contributed by atoms with Crippen LogP contribution in [0.25, 0.3) is 6.08 Å². The van der Waals surface area contributed by atoms with Gasteiger partial charge in [-0.05, 0) is 92.5 Å². The summed E-state index contributed by atoms with van der Waals surface area (Å²) in [5, 5.41) is 21.5. The first-order valence-electron chi connectivity index (χ1n) is 14.2. The Morgan fingerprint density at radius 2 is 1.61 bits per heavy atom. The first-order valence-corrected chi connectivity index (χ1v) is 14.2. The number of carbonyl (C=O) groups is 1. The van der Waals surface area contributed by atoms with Gasteiger partial charge >= 0.3 is 0 Å². The number of nitriles is 2. The first-order chi connectivity index (χ1) is 18.5. The van der Waals surface area contributed by atoms with Gasteiger partial charge in [-0.15, -0.1) is 0 Å². The Morgan fingerprint density at radius 1 is 0.974 bits per heavy atom. The molecule has 0 radical (unpaired) electrons. The van der Waals surface area contributed by atoms with Crippen LogP contribution >= 0.6 is 0 Å². The minimum Gasteiger partial charge on any atom is -0.494 e. The molecule has 2 aromatic rings. The Morgan fingerprint density at radius 3 is 2.21 bits per heavy atom. The van der Waals surface area contributed by atoms with Crippen molar-refractivity contribution in [3.05, 3.63) is 65.7 Å². The number of anilines is 1. The van der Waals surface area contributed by atoms with Crippen LogP contribution in [0.15, 0.2) is 54.6 Å². The molecule has 2 heterocycles. The molecule has 192 valence electrons. The van der Waals surface area contributed by atoms with E-state index in [1.165, 1.54) is 19.3 Å². The number of ketones is 1. The van der Waals surface area contributed by atoms with Gasteiger partial charge in [0.2, 0.25) is 0 Å². The van der Waals surface area contributed by atoms with Gasteiger partial charge in [-0.25, -0.2) is 0 Å². The molecule has 0 N–H and O–H groups in total. The Bertz CT molecular complexity index is 1350.